The highest BCUT2D eigenvalue weighted by Crippen LogP contribution is 2.76. The van der Waals surface area contributed by atoms with Gasteiger partial charge >= 0.3 is 16.4 Å². The molecule has 0 aromatic carbocycles. The second kappa shape index (κ2) is 16.3. The van der Waals surface area contributed by atoms with Gasteiger partial charge in [-0.2, -0.15) is 8.42 Å². The fourth-order valence-corrected chi connectivity index (χ4v) is 14.2. The summed E-state index contributed by atoms with van der Waals surface area (Å²) in [5.41, 5.74) is -1.55. The summed E-state index contributed by atoms with van der Waals surface area (Å²) in [5.74, 6) is -0.376. The van der Waals surface area contributed by atoms with Crippen LogP contribution >= 0.6 is 0 Å². The van der Waals surface area contributed by atoms with E-state index >= 15 is 0 Å². The normalized spacial score (nSPS) is 53.1. The first-order valence-corrected chi connectivity index (χ1v) is 23.1. The Bertz CT molecular complexity index is 1750. The fraction of sp³-hybridized carbons (Fsp3) is 0.929. The summed E-state index contributed by atoms with van der Waals surface area (Å²) in [6.45, 7) is 11.6. The van der Waals surface area contributed by atoms with Crippen LogP contribution in [0.4, 0.5) is 0 Å². The molecule has 0 aromatic rings. The predicted molar refractivity (Wildman–Crippen MR) is 209 cm³/mol. The van der Waals surface area contributed by atoms with Gasteiger partial charge in [-0.15, -0.1) is 0 Å². The lowest BCUT2D eigenvalue weighted by molar-refractivity contribution is -0.328. The Hall–Kier alpha value is -1.36. The first kappa shape index (κ1) is 46.6. The lowest BCUT2D eigenvalue weighted by Gasteiger charge is -2.71. The molecule has 7 rings (SSSR count). The van der Waals surface area contributed by atoms with E-state index in [1.54, 1.807) is 0 Å². The number of allylic oxidation sites excluding steroid dienone is 2. The average Bonchev–Trinajstić information content (AvgIpc) is 3.19. The zero-order valence-corrected chi connectivity index (χ0v) is 36.3. The Balaban J connectivity index is 1.14. The van der Waals surface area contributed by atoms with Crippen molar-refractivity contribution in [1.82, 2.24) is 0 Å². The zero-order valence-electron chi connectivity index (χ0n) is 35.5. The van der Waals surface area contributed by atoms with E-state index in [0.29, 0.717) is 38.5 Å². The molecule has 7 aliphatic rings. The van der Waals surface area contributed by atoms with Gasteiger partial charge in [0.05, 0.1) is 31.3 Å². The number of rotatable bonds is 9. The highest BCUT2D eigenvalue weighted by molar-refractivity contribution is 7.80. The number of fused-ring (bicyclic) bond motifs is 7. The number of aliphatic hydroxyl groups excluding tert-OH is 8. The highest BCUT2D eigenvalue weighted by atomic mass is 32.3. The largest absolute Gasteiger partial charge is 0.432 e. The van der Waals surface area contributed by atoms with Crippen molar-refractivity contribution < 1.29 is 81.7 Å². The van der Waals surface area contributed by atoms with E-state index in [1.165, 1.54) is 5.57 Å². The van der Waals surface area contributed by atoms with Crippen LogP contribution in [-0.2, 0) is 38.3 Å². The summed E-state index contributed by atoms with van der Waals surface area (Å²) in [5, 5.41) is 84.6. The maximum absolute atomic E-state index is 14.9. The van der Waals surface area contributed by atoms with Gasteiger partial charge in [-0.3, -0.25) is 9.35 Å². The Morgan fingerprint density at radius 2 is 1.42 bits per heavy atom. The summed E-state index contributed by atoms with van der Waals surface area (Å²) in [6, 6.07) is 0. The first-order chi connectivity index (χ1) is 27.9. The van der Waals surface area contributed by atoms with Crippen molar-refractivity contribution >= 4 is 16.4 Å². The molecule has 9 N–H and O–H groups in total. The number of hydrogen-bond donors (Lipinski definition) is 9. The molecule has 60 heavy (non-hydrogen) atoms. The quantitative estimate of drug-likeness (QED) is 0.0887. The van der Waals surface area contributed by atoms with Crippen LogP contribution in [-0.4, -0.2) is 147 Å². The van der Waals surface area contributed by atoms with E-state index in [1.807, 2.05) is 6.92 Å². The molecule has 344 valence electrons. The highest BCUT2D eigenvalue weighted by Gasteiger charge is 2.70. The third-order valence-corrected chi connectivity index (χ3v) is 18.3. The molecule has 0 radical (unpaired) electrons. The van der Waals surface area contributed by atoms with Crippen LogP contribution in [0.15, 0.2) is 11.6 Å². The van der Waals surface area contributed by atoms with Gasteiger partial charge in [0.2, 0.25) is 6.29 Å². The first-order valence-electron chi connectivity index (χ1n) is 21.7. The van der Waals surface area contributed by atoms with E-state index in [4.69, 9.17) is 23.1 Å². The van der Waals surface area contributed by atoms with Crippen molar-refractivity contribution in [3.8, 4) is 0 Å². The number of ether oxygens (including phenoxy) is 4. The van der Waals surface area contributed by atoms with Crippen molar-refractivity contribution in [3.63, 3.8) is 0 Å². The van der Waals surface area contributed by atoms with Gasteiger partial charge in [-0.05, 0) is 104 Å². The van der Waals surface area contributed by atoms with Gasteiger partial charge in [0.15, 0.2) is 6.29 Å². The third-order valence-electron chi connectivity index (χ3n) is 17.9. The molecule has 5 aliphatic carbocycles. The lowest BCUT2D eigenvalue weighted by atomic mass is 9.33. The van der Waals surface area contributed by atoms with Crippen molar-refractivity contribution in [2.75, 3.05) is 19.8 Å². The summed E-state index contributed by atoms with van der Waals surface area (Å²) in [7, 11) is -4.72. The average molecular weight is 877 g/mol. The summed E-state index contributed by atoms with van der Waals surface area (Å²) < 4.78 is 60.9. The monoisotopic (exact) mass is 876 g/mol. The topological polar surface area (TPSA) is 279 Å². The van der Waals surface area contributed by atoms with Crippen LogP contribution in [0.25, 0.3) is 0 Å². The minimum absolute atomic E-state index is 0.0687. The Kier molecular flexibility index (Phi) is 12.6. The maximum atomic E-state index is 14.9. The summed E-state index contributed by atoms with van der Waals surface area (Å²) in [6.07, 6.45) is -8.92. The van der Waals surface area contributed by atoms with E-state index in [0.717, 1.165) is 19.3 Å². The van der Waals surface area contributed by atoms with E-state index in [2.05, 4.69) is 40.7 Å². The Morgan fingerprint density at radius 1 is 0.783 bits per heavy atom. The molecule has 0 bridgehead atoms. The molecule has 0 aromatic heterocycles. The number of hydrogen-bond acceptors (Lipinski definition) is 16. The minimum atomic E-state index is -4.72. The van der Waals surface area contributed by atoms with Crippen LogP contribution in [0.5, 0.6) is 0 Å². The van der Waals surface area contributed by atoms with Gasteiger partial charge in [-0.1, -0.05) is 53.2 Å². The second-order valence-electron chi connectivity index (χ2n) is 20.5. The van der Waals surface area contributed by atoms with Crippen molar-refractivity contribution in [2.24, 2.45) is 56.7 Å². The second-order valence-corrected chi connectivity index (χ2v) is 21.6. The van der Waals surface area contributed by atoms with Crippen molar-refractivity contribution in [2.45, 2.75) is 167 Å². The van der Waals surface area contributed by atoms with Crippen LogP contribution in [0, 0.1) is 56.7 Å². The molecule has 18 heteroatoms. The molecule has 17 nitrogen and oxygen atoms in total. The Labute approximate surface area is 352 Å². The van der Waals surface area contributed by atoms with E-state index < -0.39 is 108 Å². The van der Waals surface area contributed by atoms with Crippen molar-refractivity contribution in [3.05, 3.63) is 11.6 Å². The van der Waals surface area contributed by atoms with Crippen LogP contribution in [0.1, 0.15) is 99.3 Å². The summed E-state index contributed by atoms with van der Waals surface area (Å²) in [4.78, 5) is 14.9. The molecule has 2 aliphatic heterocycles. The zero-order chi connectivity index (χ0) is 44.1. The van der Waals surface area contributed by atoms with Gasteiger partial charge in [0.25, 0.3) is 0 Å². The maximum Gasteiger partial charge on any atom is 0.397 e. The molecule has 0 spiro atoms. The minimum Gasteiger partial charge on any atom is -0.432 e. The molecular formula is C42H68O17S. The third kappa shape index (κ3) is 7.24. The van der Waals surface area contributed by atoms with Crippen molar-refractivity contribution in [1.29, 1.82) is 0 Å². The molecule has 0 amide bonds. The predicted octanol–water partition coefficient (Wildman–Crippen LogP) is 0.972. The molecule has 3 unspecified atom stereocenters. The number of esters is 1. The number of carbonyl (C=O) groups excluding carboxylic acids is 1. The lowest BCUT2D eigenvalue weighted by Crippen LogP contribution is -2.66. The van der Waals surface area contributed by atoms with E-state index in [-0.39, 0.29) is 52.4 Å². The molecule has 21 atom stereocenters. The van der Waals surface area contributed by atoms with Gasteiger partial charge in [0, 0.05) is 5.41 Å². The fourth-order valence-electron chi connectivity index (χ4n) is 13.8. The standard InChI is InChI=1S/C42H68O17S/c1-20-9-14-42(37(51)59-36-34(50)32(48)30(46)24(58-36)18-55-35-33(49)31(47)29(45)23(17-43)57-35)16-15-40(5)22(28(42)21(20)2)7-8-26-38(3)12-11-27(44)39(4,19-56-60(52,53)54)25(38)10-13-41(26,40)6/h7,20-21,23-36,43-50H,8-19H2,1-6H3,(H,52,53,54)/t20-,21+,23-,24-,25?,26?,27+,28+,29-,30-,31+,32+,33-,34-,35-,36+,38+,39+,40?,41-,42+/m1/s1. The van der Waals surface area contributed by atoms with Gasteiger partial charge < -0.3 is 59.8 Å². The molecule has 2 heterocycles. The Morgan fingerprint density at radius 3 is 2.07 bits per heavy atom. The molecule has 6 fully saturated rings. The SMILES string of the molecule is C[C@H]1[C@H](C)CC[C@]2(C(=O)O[C@@H]3O[C@H](CO[C@@H]4O[C@H](CO)[C@@H](O)[C@H](O)[C@H]4O)[C@@H](O)[C@H](O)[C@H]3O)CCC3(C)C(=CCC4[C@@]5(C)CC[C@H](O)[C@@](C)(COS(=O)(=O)O)C5CC[C@]43C)[C@H]12. The number of carbonyl (C=O) groups is 1. The molecule has 4 saturated carbocycles. The van der Waals surface area contributed by atoms with Gasteiger partial charge in [-0.25, -0.2) is 4.18 Å². The molecule has 2 saturated heterocycles. The smallest absolute Gasteiger partial charge is 0.397 e. The van der Waals surface area contributed by atoms with E-state index in [9.17, 15) is 58.6 Å². The van der Waals surface area contributed by atoms with Gasteiger partial charge in [0.1, 0.15) is 48.8 Å². The molecular weight excluding hydrogens is 809 g/mol. The summed E-state index contributed by atoms with van der Waals surface area (Å²) >= 11 is 0. The van der Waals surface area contributed by atoms with Crippen LogP contribution < -0.4 is 0 Å². The van der Waals surface area contributed by atoms with Crippen LogP contribution in [0.2, 0.25) is 0 Å². The van der Waals surface area contributed by atoms with Crippen LogP contribution in [0.3, 0.4) is 0 Å². The number of aliphatic hydroxyl groups is 8.